The van der Waals surface area contributed by atoms with Crippen molar-refractivity contribution in [3.63, 3.8) is 0 Å². The summed E-state index contributed by atoms with van der Waals surface area (Å²) in [5.74, 6) is 1.87. The van der Waals surface area contributed by atoms with E-state index < -0.39 is 0 Å². The molecule has 0 bridgehead atoms. The van der Waals surface area contributed by atoms with Gasteiger partial charge in [-0.2, -0.15) is 0 Å². The Morgan fingerprint density at radius 1 is 0.850 bits per heavy atom. The first-order valence-corrected chi connectivity index (χ1v) is 15.0. The number of hydrogen-bond acceptors (Lipinski definition) is 8. The fourth-order valence-corrected chi connectivity index (χ4v) is 6.44. The van der Waals surface area contributed by atoms with Crippen molar-refractivity contribution in [3.8, 4) is 21.9 Å². The van der Waals surface area contributed by atoms with Crippen LogP contribution >= 0.6 is 11.3 Å². The van der Waals surface area contributed by atoms with E-state index in [1.807, 2.05) is 24.5 Å². The predicted octanol–water partition coefficient (Wildman–Crippen LogP) is 6.89. The average Bonchev–Trinajstić information content (AvgIpc) is 3.36. The van der Waals surface area contributed by atoms with Crippen LogP contribution in [0, 0.1) is 0 Å². The Labute approximate surface area is 244 Å². The number of ether oxygens (including phenoxy) is 2. The molecule has 0 atom stereocenters. The van der Waals surface area contributed by atoms with Gasteiger partial charge in [-0.1, -0.05) is 58.9 Å². The Morgan fingerprint density at radius 3 is 2.08 bits per heavy atom. The second-order valence-electron chi connectivity index (χ2n) is 13.7. The summed E-state index contributed by atoms with van der Waals surface area (Å²) in [6, 6.07) is 6.14. The van der Waals surface area contributed by atoms with Crippen molar-refractivity contribution in [1.82, 2.24) is 14.9 Å². The molecule has 1 fully saturated rings. The minimum absolute atomic E-state index is 0.0896. The number of nitrogens with two attached hydrogens (primary N) is 1. The van der Waals surface area contributed by atoms with Gasteiger partial charge in [0.15, 0.2) is 16.7 Å². The van der Waals surface area contributed by atoms with Crippen LogP contribution in [0.5, 0.6) is 11.5 Å². The van der Waals surface area contributed by atoms with Crippen LogP contribution in [0.25, 0.3) is 10.4 Å². The van der Waals surface area contributed by atoms with Gasteiger partial charge in [0.25, 0.3) is 0 Å². The molecule has 1 saturated heterocycles. The normalized spacial score (nSPS) is 15.4. The molecule has 0 spiro atoms. The quantitative estimate of drug-likeness (QED) is 0.349. The molecule has 2 N–H and O–H groups in total. The molecule has 1 aliphatic rings. The molecule has 2 aromatic heterocycles. The maximum Gasteiger partial charge on any atom is 0.185 e. The van der Waals surface area contributed by atoms with E-state index in [9.17, 15) is 0 Å². The Bertz CT molecular complexity index is 1320. The summed E-state index contributed by atoms with van der Waals surface area (Å²) in [5, 5.41) is 1.05. The van der Waals surface area contributed by atoms with Gasteiger partial charge in [-0.15, -0.1) is 0 Å². The second-order valence-corrected chi connectivity index (χ2v) is 14.7. The zero-order valence-corrected chi connectivity index (χ0v) is 26.8. The van der Waals surface area contributed by atoms with Gasteiger partial charge < -0.3 is 20.1 Å². The number of rotatable bonds is 6. The van der Waals surface area contributed by atoms with Crippen LogP contribution < -0.4 is 20.1 Å². The fraction of sp³-hybridized carbons (Fsp3) is 0.562. The van der Waals surface area contributed by atoms with Crippen LogP contribution in [0.2, 0.25) is 0 Å². The molecule has 0 unspecified atom stereocenters. The number of methoxy groups -OCH3 is 1. The summed E-state index contributed by atoms with van der Waals surface area (Å²) >= 11 is 1.69. The van der Waals surface area contributed by atoms with E-state index in [0.29, 0.717) is 18.2 Å². The van der Waals surface area contributed by atoms with Gasteiger partial charge in [0, 0.05) is 55.2 Å². The van der Waals surface area contributed by atoms with Crippen LogP contribution in [0.3, 0.4) is 0 Å². The maximum atomic E-state index is 6.37. The highest BCUT2D eigenvalue weighted by Crippen LogP contribution is 2.42. The van der Waals surface area contributed by atoms with Crippen molar-refractivity contribution in [2.75, 3.05) is 43.9 Å². The number of anilines is 2. The molecular formula is C32H47N5O2S. The van der Waals surface area contributed by atoms with Gasteiger partial charge in [0.1, 0.15) is 12.4 Å². The van der Waals surface area contributed by atoms with Gasteiger partial charge >= 0.3 is 0 Å². The number of pyridine rings is 1. The lowest BCUT2D eigenvalue weighted by Crippen LogP contribution is -2.53. The first-order chi connectivity index (χ1) is 18.6. The molecule has 1 aliphatic heterocycles. The third-order valence-electron chi connectivity index (χ3n) is 7.52. The number of hydrogen-bond donors (Lipinski definition) is 1. The van der Waals surface area contributed by atoms with E-state index in [-0.39, 0.29) is 16.4 Å². The first kappa shape index (κ1) is 30.1. The minimum atomic E-state index is -0.0983. The van der Waals surface area contributed by atoms with E-state index in [1.165, 1.54) is 11.1 Å². The van der Waals surface area contributed by atoms with Crippen LogP contribution in [0.15, 0.2) is 30.6 Å². The fourth-order valence-electron chi connectivity index (χ4n) is 5.49. The van der Waals surface area contributed by atoms with Crippen molar-refractivity contribution < 1.29 is 9.47 Å². The maximum absolute atomic E-state index is 6.37. The number of aromatic nitrogens is 2. The lowest BCUT2D eigenvalue weighted by Gasteiger charge is -2.42. The molecule has 0 radical (unpaired) electrons. The lowest BCUT2D eigenvalue weighted by molar-refractivity contribution is 0.128. The summed E-state index contributed by atoms with van der Waals surface area (Å²) in [6.45, 7) is 24.7. The van der Waals surface area contributed by atoms with Crippen molar-refractivity contribution in [3.05, 3.63) is 47.3 Å². The Hall–Kier alpha value is -2.84. The number of thiazole rings is 1. The van der Waals surface area contributed by atoms with Crippen LogP contribution in [0.1, 0.15) is 79.0 Å². The summed E-state index contributed by atoms with van der Waals surface area (Å²) < 4.78 is 12.2. The zero-order valence-electron chi connectivity index (χ0n) is 26.0. The van der Waals surface area contributed by atoms with Gasteiger partial charge in [-0.3, -0.25) is 4.90 Å². The Kier molecular flexibility index (Phi) is 8.44. The molecule has 1 aromatic carbocycles. The molecule has 0 aliphatic carbocycles. The van der Waals surface area contributed by atoms with Crippen molar-refractivity contribution in [1.29, 1.82) is 0 Å². The average molecular weight is 566 g/mol. The second kappa shape index (κ2) is 11.2. The molecule has 8 heteroatoms. The summed E-state index contributed by atoms with van der Waals surface area (Å²) in [5.41, 5.74) is 10.8. The molecule has 0 saturated carbocycles. The molecule has 4 rings (SSSR count). The van der Waals surface area contributed by atoms with E-state index in [0.717, 1.165) is 53.1 Å². The van der Waals surface area contributed by atoms with E-state index in [2.05, 4.69) is 83.2 Å². The monoisotopic (exact) mass is 565 g/mol. The number of piperazine rings is 1. The van der Waals surface area contributed by atoms with Crippen LogP contribution in [-0.2, 0) is 17.4 Å². The predicted molar refractivity (Wildman–Crippen MR) is 168 cm³/mol. The molecular weight excluding hydrogens is 518 g/mol. The lowest BCUT2D eigenvalue weighted by atomic mass is 9.73. The standard InChI is InChI=1S/C32H47N5O2S/c1-30(2,3)26-21(11-12-23(38-10)27(26)31(4,5)6)20-39-24-17-22(18-34-28(24)33)25-19-35-29(40-25)36-13-15-37(16-14-36)32(7,8)9/h11-12,17-19H,13-16,20H2,1-10H3,(H2,33,34). The number of nitrogens with zero attached hydrogens (tertiary/aromatic N) is 4. The van der Waals surface area contributed by atoms with Crippen LogP contribution in [-0.4, -0.2) is 53.7 Å². The molecule has 40 heavy (non-hydrogen) atoms. The molecule has 7 nitrogen and oxygen atoms in total. The smallest absolute Gasteiger partial charge is 0.185 e. The molecule has 0 amide bonds. The van der Waals surface area contributed by atoms with E-state index in [4.69, 9.17) is 20.2 Å². The first-order valence-electron chi connectivity index (χ1n) is 14.1. The SMILES string of the molecule is COc1ccc(COc2cc(-c3cnc(N4CCN(C(C)(C)C)CC4)s3)cnc2N)c(C(C)(C)C)c1C(C)(C)C. The highest BCUT2D eigenvalue weighted by Gasteiger charge is 2.31. The third-order valence-corrected chi connectivity index (χ3v) is 8.62. The Balaban J connectivity index is 1.56. The zero-order chi connectivity index (χ0) is 29.5. The highest BCUT2D eigenvalue weighted by molar-refractivity contribution is 7.18. The topological polar surface area (TPSA) is 76.7 Å². The van der Waals surface area contributed by atoms with Crippen molar-refractivity contribution in [2.45, 2.75) is 85.3 Å². The van der Waals surface area contributed by atoms with Gasteiger partial charge in [-0.05, 0) is 54.9 Å². The summed E-state index contributed by atoms with van der Waals surface area (Å²) in [6.07, 6.45) is 3.74. The third kappa shape index (κ3) is 6.55. The largest absolute Gasteiger partial charge is 0.496 e. The Morgan fingerprint density at radius 2 is 1.50 bits per heavy atom. The highest BCUT2D eigenvalue weighted by atomic mass is 32.1. The molecule has 3 aromatic rings. The van der Waals surface area contributed by atoms with Gasteiger partial charge in [0.05, 0.1) is 12.0 Å². The van der Waals surface area contributed by atoms with Crippen molar-refractivity contribution >= 4 is 22.3 Å². The number of benzene rings is 1. The summed E-state index contributed by atoms with van der Waals surface area (Å²) in [4.78, 5) is 15.2. The van der Waals surface area contributed by atoms with Gasteiger partial charge in [0.2, 0.25) is 0 Å². The van der Waals surface area contributed by atoms with Crippen LogP contribution in [0.4, 0.5) is 10.9 Å². The molecule has 218 valence electrons. The summed E-state index contributed by atoms with van der Waals surface area (Å²) in [7, 11) is 1.74. The van der Waals surface area contributed by atoms with E-state index in [1.54, 1.807) is 18.4 Å². The molecule has 3 heterocycles. The van der Waals surface area contributed by atoms with Crippen molar-refractivity contribution in [2.24, 2.45) is 0 Å². The number of nitrogen functional groups attached to an aromatic ring is 1. The van der Waals surface area contributed by atoms with Gasteiger partial charge in [-0.25, -0.2) is 9.97 Å². The minimum Gasteiger partial charge on any atom is -0.496 e. The van der Waals surface area contributed by atoms with E-state index >= 15 is 0 Å².